The number of aromatic amines is 1. The van der Waals surface area contributed by atoms with Gasteiger partial charge in [0.25, 0.3) is 5.91 Å². The lowest BCUT2D eigenvalue weighted by Crippen LogP contribution is -2.50. The van der Waals surface area contributed by atoms with Gasteiger partial charge in [0.2, 0.25) is 5.91 Å². The fraction of sp³-hybridized carbons (Fsp3) is 0.314. The van der Waals surface area contributed by atoms with Crippen molar-refractivity contribution < 1.29 is 29.1 Å². The molecule has 12 heteroatoms. The largest absolute Gasteiger partial charge is 0.494 e. The number of likely N-dealkylation sites (N-methyl/N-ethyl adjacent to an activating group) is 1. The first-order chi connectivity index (χ1) is 22.7. The van der Waals surface area contributed by atoms with Crippen LogP contribution < -0.4 is 5.32 Å². The van der Waals surface area contributed by atoms with Crippen LogP contribution >= 0.6 is 0 Å². The number of aliphatic imine (C=N–C) groups is 1. The summed E-state index contributed by atoms with van der Waals surface area (Å²) in [6, 6.07) is 19.9. The first kappa shape index (κ1) is 33.3. The summed E-state index contributed by atoms with van der Waals surface area (Å²) in [7, 11) is 4.57. The summed E-state index contributed by atoms with van der Waals surface area (Å²) in [5, 5.41) is 15.7. The number of rotatable bonds is 11. The molecule has 0 atom stereocenters. The number of aromatic nitrogens is 1. The second-order valence-corrected chi connectivity index (χ2v) is 11.4. The quantitative estimate of drug-likeness (QED) is 0.129. The van der Waals surface area contributed by atoms with Crippen LogP contribution in [0.3, 0.4) is 0 Å². The second-order valence-electron chi connectivity index (χ2n) is 11.4. The molecule has 12 nitrogen and oxygen atoms in total. The van der Waals surface area contributed by atoms with Gasteiger partial charge < -0.3 is 20.1 Å². The molecule has 0 radical (unpaired) electrons. The molecule has 1 fully saturated rings. The lowest BCUT2D eigenvalue weighted by Gasteiger charge is -2.34. The number of methoxy groups -OCH3 is 1. The maximum absolute atomic E-state index is 13.1. The Labute approximate surface area is 273 Å². The standard InChI is InChI=1S/C35H40N6O6/c1-23-20-28-29(21-27(23)35(45)46-4)38-33(43)31(28)32(24-8-6-5-7-9-24)37-26-12-10-25(11-13-26)34(44)39(3)47-19-18-40-14-16-41(17-15-40)22-30(42)36-2/h5-13,20-21,38,43H,14-19,22H2,1-4H3,(H,36,42). The molecular formula is C35H40N6O6. The SMILES string of the molecule is CNC(=O)CN1CCN(CCON(C)C(=O)c2ccc(N=C(c3ccccc3)c3c(O)[nH]c4cc(C(=O)OC)c(C)cc34)cc2)CC1. The number of ether oxygens (including phenoxy) is 1. The number of H-pyrrole nitrogens is 1. The molecule has 0 aliphatic carbocycles. The average molecular weight is 641 g/mol. The Morgan fingerprint density at radius 2 is 1.66 bits per heavy atom. The van der Waals surface area contributed by atoms with E-state index < -0.39 is 5.97 Å². The van der Waals surface area contributed by atoms with Gasteiger partial charge in [-0.3, -0.25) is 24.2 Å². The van der Waals surface area contributed by atoms with Gasteiger partial charge in [0.05, 0.1) is 42.8 Å². The van der Waals surface area contributed by atoms with Gasteiger partial charge in [0, 0.05) is 68.8 Å². The number of amides is 2. The van der Waals surface area contributed by atoms with Crippen molar-refractivity contribution in [3.63, 3.8) is 0 Å². The van der Waals surface area contributed by atoms with Crippen molar-refractivity contribution in [1.29, 1.82) is 0 Å². The van der Waals surface area contributed by atoms with Crippen molar-refractivity contribution >= 4 is 40.1 Å². The highest BCUT2D eigenvalue weighted by Gasteiger charge is 2.22. The van der Waals surface area contributed by atoms with E-state index >= 15 is 0 Å². The zero-order valence-corrected chi connectivity index (χ0v) is 27.1. The Morgan fingerprint density at radius 1 is 0.979 bits per heavy atom. The number of aryl methyl sites for hydroxylation is 1. The number of nitrogens with zero attached hydrogens (tertiary/aromatic N) is 4. The van der Waals surface area contributed by atoms with E-state index in [-0.39, 0.29) is 17.7 Å². The lowest BCUT2D eigenvalue weighted by atomic mass is 9.98. The third kappa shape index (κ3) is 7.86. The molecule has 1 aromatic heterocycles. The molecule has 0 bridgehead atoms. The van der Waals surface area contributed by atoms with Crippen molar-refractivity contribution in [1.82, 2.24) is 25.2 Å². The smallest absolute Gasteiger partial charge is 0.338 e. The number of aromatic hydroxyl groups is 1. The van der Waals surface area contributed by atoms with E-state index in [1.165, 1.54) is 12.2 Å². The van der Waals surface area contributed by atoms with E-state index in [1.54, 1.807) is 44.4 Å². The van der Waals surface area contributed by atoms with Crippen molar-refractivity contribution in [2.75, 3.05) is 67.1 Å². The Morgan fingerprint density at radius 3 is 2.32 bits per heavy atom. The minimum Gasteiger partial charge on any atom is -0.494 e. The van der Waals surface area contributed by atoms with E-state index in [2.05, 4.69) is 20.1 Å². The van der Waals surface area contributed by atoms with Crippen molar-refractivity contribution in [3.05, 3.63) is 94.5 Å². The van der Waals surface area contributed by atoms with E-state index in [0.717, 1.165) is 31.7 Å². The predicted molar refractivity (Wildman–Crippen MR) is 179 cm³/mol. The van der Waals surface area contributed by atoms with Crippen LogP contribution in [0.1, 0.15) is 37.4 Å². The number of esters is 1. The first-order valence-electron chi connectivity index (χ1n) is 15.4. The normalized spacial score (nSPS) is 14.3. The second kappa shape index (κ2) is 15.0. The molecule has 0 saturated carbocycles. The molecule has 47 heavy (non-hydrogen) atoms. The Bertz CT molecular complexity index is 1760. The number of piperazine rings is 1. The highest BCUT2D eigenvalue weighted by molar-refractivity contribution is 6.22. The Balaban J connectivity index is 1.29. The third-order valence-electron chi connectivity index (χ3n) is 8.26. The molecule has 246 valence electrons. The Kier molecular flexibility index (Phi) is 10.7. The van der Waals surface area contributed by atoms with Crippen LogP contribution in [-0.4, -0.2) is 116 Å². The van der Waals surface area contributed by atoms with Crippen LogP contribution in [0.2, 0.25) is 0 Å². The van der Waals surface area contributed by atoms with Gasteiger partial charge in [0.1, 0.15) is 0 Å². The van der Waals surface area contributed by atoms with Gasteiger partial charge in [-0.1, -0.05) is 30.3 Å². The molecule has 2 heterocycles. The number of fused-ring (bicyclic) bond motifs is 1. The van der Waals surface area contributed by atoms with Crippen LogP contribution in [0, 0.1) is 6.92 Å². The first-order valence-corrected chi connectivity index (χ1v) is 15.4. The van der Waals surface area contributed by atoms with E-state index in [1.807, 2.05) is 43.3 Å². The molecule has 3 N–H and O–H groups in total. The summed E-state index contributed by atoms with van der Waals surface area (Å²) < 4.78 is 4.91. The van der Waals surface area contributed by atoms with Gasteiger partial charge in [-0.25, -0.2) is 14.9 Å². The van der Waals surface area contributed by atoms with Crippen LogP contribution in [0.25, 0.3) is 10.9 Å². The van der Waals surface area contributed by atoms with Gasteiger partial charge in [0.15, 0.2) is 5.88 Å². The Hall–Kier alpha value is -5.04. The van der Waals surface area contributed by atoms with Crippen molar-refractivity contribution in [2.24, 2.45) is 4.99 Å². The monoisotopic (exact) mass is 640 g/mol. The van der Waals surface area contributed by atoms with E-state index in [0.29, 0.717) is 64.3 Å². The number of hydrogen-bond donors (Lipinski definition) is 3. The summed E-state index contributed by atoms with van der Waals surface area (Å²) in [5.74, 6) is -0.818. The zero-order valence-electron chi connectivity index (χ0n) is 27.1. The van der Waals surface area contributed by atoms with E-state index in [9.17, 15) is 19.5 Å². The predicted octanol–water partition coefficient (Wildman–Crippen LogP) is 3.50. The number of hydroxylamine groups is 2. The summed E-state index contributed by atoms with van der Waals surface area (Å²) in [6.45, 7) is 6.51. The number of carbonyl (C=O) groups is 3. The fourth-order valence-electron chi connectivity index (χ4n) is 5.57. The molecule has 1 aliphatic heterocycles. The van der Waals surface area contributed by atoms with Gasteiger partial charge in [-0.05, 0) is 48.9 Å². The van der Waals surface area contributed by atoms with Crippen LogP contribution in [0.4, 0.5) is 5.69 Å². The molecule has 0 spiro atoms. The number of benzene rings is 3. The van der Waals surface area contributed by atoms with Crippen LogP contribution in [0.15, 0.2) is 71.7 Å². The molecule has 1 aliphatic rings. The lowest BCUT2D eigenvalue weighted by molar-refractivity contribution is -0.122. The molecule has 2 amide bonds. The molecule has 5 rings (SSSR count). The van der Waals surface area contributed by atoms with Gasteiger partial charge >= 0.3 is 5.97 Å². The number of hydrogen-bond acceptors (Lipinski definition) is 9. The molecule has 1 saturated heterocycles. The van der Waals surface area contributed by atoms with Crippen molar-refractivity contribution in [3.8, 4) is 5.88 Å². The highest BCUT2D eigenvalue weighted by Crippen LogP contribution is 2.33. The summed E-state index contributed by atoms with van der Waals surface area (Å²) >= 11 is 0. The zero-order chi connectivity index (χ0) is 33.5. The summed E-state index contributed by atoms with van der Waals surface area (Å²) in [4.78, 5) is 55.0. The van der Waals surface area contributed by atoms with Crippen molar-refractivity contribution in [2.45, 2.75) is 6.92 Å². The third-order valence-corrected chi connectivity index (χ3v) is 8.26. The summed E-state index contributed by atoms with van der Waals surface area (Å²) in [6.07, 6.45) is 0. The minimum atomic E-state index is -0.461. The fourth-order valence-corrected chi connectivity index (χ4v) is 5.57. The molecular weight excluding hydrogens is 600 g/mol. The molecule has 3 aromatic carbocycles. The average Bonchev–Trinajstić information content (AvgIpc) is 3.41. The maximum Gasteiger partial charge on any atom is 0.338 e. The summed E-state index contributed by atoms with van der Waals surface area (Å²) in [5.41, 5.74) is 4.48. The topological polar surface area (TPSA) is 140 Å². The molecule has 0 unspecified atom stereocenters. The van der Waals surface area contributed by atoms with Gasteiger partial charge in [-0.15, -0.1) is 0 Å². The maximum atomic E-state index is 13.1. The van der Waals surface area contributed by atoms with Crippen LogP contribution in [0.5, 0.6) is 5.88 Å². The van der Waals surface area contributed by atoms with Crippen LogP contribution in [-0.2, 0) is 14.4 Å². The minimum absolute atomic E-state index is 0.0128. The number of carbonyl (C=O) groups excluding carboxylic acids is 3. The van der Waals surface area contributed by atoms with E-state index in [4.69, 9.17) is 14.6 Å². The highest BCUT2D eigenvalue weighted by atomic mass is 16.7. The number of nitrogens with one attached hydrogen (secondary N) is 2. The molecule has 4 aromatic rings. The van der Waals surface area contributed by atoms with Gasteiger partial charge in [-0.2, -0.15) is 0 Å².